The summed E-state index contributed by atoms with van der Waals surface area (Å²) >= 11 is 0. The van der Waals surface area contributed by atoms with E-state index in [1.165, 1.54) is 13.2 Å². The molecule has 2 rings (SSSR count). The fourth-order valence-electron chi connectivity index (χ4n) is 3.13. The van der Waals surface area contributed by atoms with Crippen molar-refractivity contribution in [3.05, 3.63) is 59.2 Å². The van der Waals surface area contributed by atoms with Crippen molar-refractivity contribution in [1.82, 2.24) is 0 Å². The number of hydrogen-bond donors (Lipinski definition) is 1. The Hall–Kier alpha value is -2.70. The van der Waals surface area contributed by atoms with Gasteiger partial charge >= 0.3 is 5.97 Å². The SMILES string of the molecule is CCC(=C[C@H]1O[C@@H]1C)C(=O)[C@H](C=CC=Cc1cccc(O)c1C(=O)OC)[C@H](C)OC. The predicted octanol–water partition coefficient (Wildman–Crippen LogP) is 4.09. The molecule has 0 saturated carbocycles. The van der Waals surface area contributed by atoms with Gasteiger partial charge in [0.05, 0.1) is 25.2 Å². The second kappa shape index (κ2) is 10.9. The van der Waals surface area contributed by atoms with Crippen LogP contribution in [0.5, 0.6) is 5.75 Å². The van der Waals surface area contributed by atoms with Crippen molar-refractivity contribution in [3.63, 3.8) is 0 Å². The van der Waals surface area contributed by atoms with Gasteiger partial charge in [0, 0.05) is 7.11 Å². The summed E-state index contributed by atoms with van der Waals surface area (Å²) < 4.78 is 15.6. The number of Topliss-reactive ketones (excluding diaryl/α,β-unsaturated/α-hetero) is 1. The minimum atomic E-state index is -0.618. The summed E-state index contributed by atoms with van der Waals surface area (Å²) in [6, 6.07) is 4.77. The van der Waals surface area contributed by atoms with E-state index in [1.807, 2.05) is 26.8 Å². The number of aromatic hydroxyl groups is 1. The smallest absolute Gasteiger partial charge is 0.342 e. The van der Waals surface area contributed by atoms with Crippen LogP contribution in [0.3, 0.4) is 0 Å². The Morgan fingerprint density at radius 1 is 1.27 bits per heavy atom. The molecule has 0 spiro atoms. The number of phenolic OH excluding ortho intramolecular Hbond substituents is 1. The molecular weight excluding hydrogens is 384 g/mol. The predicted molar refractivity (Wildman–Crippen MR) is 115 cm³/mol. The Bertz CT molecular complexity index is 851. The van der Waals surface area contributed by atoms with Crippen LogP contribution in [0.4, 0.5) is 0 Å². The minimum Gasteiger partial charge on any atom is -0.507 e. The van der Waals surface area contributed by atoms with E-state index in [0.29, 0.717) is 12.0 Å². The molecule has 0 aliphatic carbocycles. The lowest BCUT2D eigenvalue weighted by Gasteiger charge is -2.19. The number of benzene rings is 1. The van der Waals surface area contributed by atoms with E-state index in [4.69, 9.17) is 14.2 Å². The van der Waals surface area contributed by atoms with Crippen molar-refractivity contribution in [1.29, 1.82) is 0 Å². The summed E-state index contributed by atoms with van der Waals surface area (Å²) in [6.07, 6.45) is 9.30. The second-order valence-electron chi connectivity index (χ2n) is 7.16. The van der Waals surface area contributed by atoms with Crippen molar-refractivity contribution >= 4 is 17.8 Å². The average molecular weight is 414 g/mol. The average Bonchev–Trinajstić information content (AvgIpc) is 3.45. The lowest BCUT2D eigenvalue weighted by molar-refractivity contribution is -0.121. The molecule has 0 amide bonds. The Morgan fingerprint density at radius 2 is 1.97 bits per heavy atom. The molecule has 30 heavy (non-hydrogen) atoms. The molecule has 1 N–H and O–H groups in total. The highest BCUT2D eigenvalue weighted by atomic mass is 16.6. The highest BCUT2D eigenvalue weighted by molar-refractivity contribution is 5.99. The van der Waals surface area contributed by atoms with Gasteiger partial charge in [-0.2, -0.15) is 0 Å². The van der Waals surface area contributed by atoms with Gasteiger partial charge < -0.3 is 19.3 Å². The summed E-state index contributed by atoms with van der Waals surface area (Å²) in [5, 5.41) is 9.97. The third kappa shape index (κ3) is 5.90. The number of rotatable bonds is 10. The lowest BCUT2D eigenvalue weighted by Crippen LogP contribution is -2.27. The summed E-state index contributed by atoms with van der Waals surface area (Å²) in [6.45, 7) is 5.78. The highest BCUT2D eigenvalue weighted by Gasteiger charge is 2.34. The largest absolute Gasteiger partial charge is 0.507 e. The fourth-order valence-corrected chi connectivity index (χ4v) is 3.13. The summed E-state index contributed by atoms with van der Waals surface area (Å²) in [5.41, 5.74) is 1.34. The van der Waals surface area contributed by atoms with Crippen LogP contribution in [0.2, 0.25) is 0 Å². The molecule has 0 radical (unpaired) electrons. The van der Waals surface area contributed by atoms with Crippen molar-refractivity contribution in [2.75, 3.05) is 14.2 Å². The summed E-state index contributed by atoms with van der Waals surface area (Å²) in [7, 11) is 2.84. The van der Waals surface area contributed by atoms with Crippen molar-refractivity contribution < 1.29 is 28.9 Å². The van der Waals surface area contributed by atoms with Gasteiger partial charge in [-0.15, -0.1) is 0 Å². The zero-order valence-corrected chi connectivity index (χ0v) is 18.1. The Kier molecular flexibility index (Phi) is 8.57. The molecule has 1 saturated heterocycles. The third-order valence-corrected chi connectivity index (χ3v) is 5.17. The van der Waals surface area contributed by atoms with Gasteiger partial charge in [-0.1, -0.05) is 43.4 Å². The zero-order valence-electron chi connectivity index (χ0n) is 18.1. The first kappa shape index (κ1) is 23.6. The quantitative estimate of drug-likeness (QED) is 0.269. The molecule has 0 aromatic heterocycles. The molecule has 1 fully saturated rings. The summed E-state index contributed by atoms with van der Waals surface area (Å²) in [4.78, 5) is 25.0. The number of phenols is 1. The van der Waals surface area contributed by atoms with E-state index < -0.39 is 11.9 Å². The van der Waals surface area contributed by atoms with E-state index in [2.05, 4.69) is 0 Å². The summed E-state index contributed by atoms with van der Waals surface area (Å²) in [5.74, 6) is -1.22. The second-order valence-corrected chi connectivity index (χ2v) is 7.16. The molecule has 4 atom stereocenters. The zero-order chi connectivity index (χ0) is 22.3. The van der Waals surface area contributed by atoms with Crippen molar-refractivity contribution in [3.8, 4) is 5.75 Å². The molecule has 6 heteroatoms. The Labute approximate surface area is 177 Å². The number of hydrogen-bond acceptors (Lipinski definition) is 6. The number of carbonyl (C=O) groups excluding carboxylic acids is 2. The van der Waals surface area contributed by atoms with Crippen LogP contribution in [0.1, 0.15) is 43.1 Å². The lowest BCUT2D eigenvalue weighted by atomic mass is 9.90. The number of carbonyl (C=O) groups is 2. The monoisotopic (exact) mass is 414 g/mol. The van der Waals surface area contributed by atoms with Gasteiger partial charge in [-0.3, -0.25) is 4.79 Å². The Balaban J connectivity index is 2.22. The van der Waals surface area contributed by atoms with Crippen LogP contribution in [0.15, 0.2) is 48.1 Å². The first-order valence-corrected chi connectivity index (χ1v) is 10.0. The van der Waals surface area contributed by atoms with E-state index in [0.717, 1.165) is 5.57 Å². The standard InChI is InChI=1S/C24H30O6/c1-6-17(14-21-16(3)30-21)23(26)19(15(2)28-4)12-8-7-10-18-11-9-13-20(25)22(18)24(27)29-5/h7-16,19,21,25H,6H2,1-5H3/t15-,16+,19+,21+/m0/s1. The van der Waals surface area contributed by atoms with E-state index in [-0.39, 0.29) is 35.4 Å². The maximum absolute atomic E-state index is 13.1. The molecule has 6 nitrogen and oxygen atoms in total. The fraction of sp³-hybridized carbons (Fsp3) is 0.417. The first-order chi connectivity index (χ1) is 14.3. The van der Waals surface area contributed by atoms with Gasteiger partial charge in [0.25, 0.3) is 0 Å². The normalized spacial score (nSPS) is 21.0. The number of allylic oxidation sites excluding steroid dienone is 3. The first-order valence-electron chi connectivity index (χ1n) is 10.0. The van der Waals surface area contributed by atoms with Crippen LogP contribution >= 0.6 is 0 Å². The van der Waals surface area contributed by atoms with Crippen molar-refractivity contribution in [2.45, 2.75) is 45.5 Å². The van der Waals surface area contributed by atoms with Gasteiger partial charge in [0.1, 0.15) is 17.4 Å². The minimum absolute atomic E-state index is 0.00630. The molecule has 1 aromatic carbocycles. The molecule has 0 unspecified atom stereocenters. The molecule has 0 bridgehead atoms. The number of ether oxygens (including phenoxy) is 3. The number of methoxy groups -OCH3 is 2. The third-order valence-electron chi connectivity index (χ3n) is 5.17. The highest BCUT2D eigenvalue weighted by Crippen LogP contribution is 2.27. The Morgan fingerprint density at radius 3 is 2.53 bits per heavy atom. The van der Waals surface area contributed by atoms with E-state index >= 15 is 0 Å². The van der Waals surface area contributed by atoms with E-state index in [9.17, 15) is 14.7 Å². The van der Waals surface area contributed by atoms with Gasteiger partial charge in [0.15, 0.2) is 5.78 Å². The van der Waals surface area contributed by atoms with Crippen LogP contribution < -0.4 is 0 Å². The topological polar surface area (TPSA) is 85.4 Å². The molecule has 1 aliphatic heterocycles. The molecule has 1 aromatic rings. The number of epoxide rings is 1. The van der Waals surface area contributed by atoms with Gasteiger partial charge in [-0.25, -0.2) is 4.79 Å². The molecular formula is C24H30O6. The number of esters is 1. The maximum atomic E-state index is 13.1. The molecule has 1 heterocycles. The van der Waals surface area contributed by atoms with Crippen molar-refractivity contribution in [2.24, 2.45) is 5.92 Å². The van der Waals surface area contributed by atoms with Gasteiger partial charge in [-0.05, 0) is 43.5 Å². The van der Waals surface area contributed by atoms with Gasteiger partial charge in [0.2, 0.25) is 0 Å². The van der Waals surface area contributed by atoms with Crippen LogP contribution in [-0.4, -0.2) is 49.4 Å². The van der Waals surface area contributed by atoms with Crippen LogP contribution in [0, 0.1) is 5.92 Å². The van der Waals surface area contributed by atoms with E-state index in [1.54, 1.807) is 43.5 Å². The molecule has 1 aliphatic rings. The van der Waals surface area contributed by atoms with Crippen LogP contribution in [0.25, 0.3) is 6.08 Å². The number of ketones is 1. The molecule has 162 valence electrons. The maximum Gasteiger partial charge on any atom is 0.342 e. The van der Waals surface area contributed by atoms with Crippen LogP contribution in [-0.2, 0) is 19.0 Å².